The van der Waals surface area contributed by atoms with Crippen molar-refractivity contribution in [2.75, 3.05) is 5.73 Å². The van der Waals surface area contributed by atoms with Crippen LogP contribution in [0.25, 0.3) is 0 Å². The van der Waals surface area contributed by atoms with Gasteiger partial charge in [0.1, 0.15) is 0 Å². The van der Waals surface area contributed by atoms with Gasteiger partial charge in [0.2, 0.25) is 0 Å². The van der Waals surface area contributed by atoms with Gasteiger partial charge in [-0.2, -0.15) is 0 Å². The molecule has 1 heterocycles. The average molecular weight is 300 g/mol. The molecule has 0 radical (unpaired) electrons. The smallest absolute Gasteiger partial charge is 0.273 e. The number of aromatic nitrogens is 2. The first kappa shape index (κ1) is 15.9. The zero-order valence-corrected chi connectivity index (χ0v) is 12.7. The largest absolute Gasteiger partial charge is 0.382 e. The fourth-order valence-corrected chi connectivity index (χ4v) is 1.91. The molecule has 0 aliphatic carbocycles. The zero-order valence-electron chi connectivity index (χ0n) is 12.7. The van der Waals surface area contributed by atoms with Crippen LogP contribution in [0.5, 0.6) is 0 Å². The molecule has 0 spiro atoms. The number of carbonyl (C=O) groups excluding carboxylic acids is 1. The number of nitrogens with two attached hydrogens (primary N) is 1. The molecule has 116 valence electrons. The van der Waals surface area contributed by atoms with Crippen molar-refractivity contribution in [1.29, 1.82) is 0 Å². The number of carbonyl (C=O) groups is 1. The molecule has 6 heteroatoms. The molecule has 3 N–H and O–H groups in total. The highest BCUT2D eigenvalue weighted by Gasteiger charge is 2.12. The number of benzene rings is 1. The van der Waals surface area contributed by atoms with Crippen LogP contribution in [0.15, 0.2) is 36.7 Å². The van der Waals surface area contributed by atoms with Gasteiger partial charge in [0.05, 0.1) is 12.7 Å². The van der Waals surface area contributed by atoms with Crippen LogP contribution in [0, 0.1) is 0 Å². The third-order valence-electron chi connectivity index (χ3n) is 3.07. The summed E-state index contributed by atoms with van der Waals surface area (Å²) in [4.78, 5) is 19.9. The van der Waals surface area contributed by atoms with Gasteiger partial charge in [-0.15, -0.1) is 0 Å². The normalized spacial score (nSPS) is 10.7. The molecule has 22 heavy (non-hydrogen) atoms. The van der Waals surface area contributed by atoms with Crippen molar-refractivity contribution < 1.29 is 9.53 Å². The van der Waals surface area contributed by atoms with Crippen molar-refractivity contribution in [2.24, 2.45) is 0 Å². The van der Waals surface area contributed by atoms with E-state index in [2.05, 4.69) is 15.3 Å². The molecule has 6 nitrogen and oxygen atoms in total. The van der Waals surface area contributed by atoms with Crippen molar-refractivity contribution in [2.45, 2.75) is 33.1 Å². The third-order valence-corrected chi connectivity index (χ3v) is 3.07. The summed E-state index contributed by atoms with van der Waals surface area (Å²) in [6.07, 6.45) is 3.04. The second kappa shape index (κ2) is 7.51. The summed E-state index contributed by atoms with van der Waals surface area (Å²) >= 11 is 0. The van der Waals surface area contributed by atoms with Gasteiger partial charge >= 0.3 is 0 Å². The first-order valence-electron chi connectivity index (χ1n) is 7.11. The highest BCUT2D eigenvalue weighted by atomic mass is 16.5. The molecule has 0 fully saturated rings. The monoisotopic (exact) mass is 300 g/mol. The summed E-state index contributed by atoms with van der Waals surface area (Å²) in [5, 5.41) is 2.81. The number of ether oxygens (including phenoxy) is 1. The van der Waals surface area contributed by atoms with Gasteiger partial charge in [-0.05, 0) is 25.0 Å². The lowest BCUT2D eigenvalue weighted by molar-refractivity contribution is 0.0651. The number of hydrogen-bond acceptors (Lipinski definition) is 5. The Morgan fingerprint density at radius 1 is 1.23 bits per heavy atom. The molecule has 2 rings (SSSR count). The molecule has 1 aromatic heterocycles. The van der Waals surface area contributed by atoms with Crippen molar-refractivity contribution in [1.82, 2.24) is 15.3 Å². The Morgan fingerprint density at radius 3 is 2.59 bits per heavy atom. The van der Waals surface area contributed by atoms with E-state index in [1.807, 2.05) is 38.1 Å². The maximum Gasteiger partial charge on any atom is 0.273 e. The van der Waals surface area contributed by atoms with Gasteiger partial charge in [-0.1, -0.05) is 24.3 Å². The topological polar surface area (TPSA) is 90.1 Å². The summed E-state index contributed by atoms with van der Waals surface area (Å²) in [7, 11) is 0. The van der Waals surface area contributed by atoms with Crippen molar-refractivity contribution >= 4 is 11.7 Å². The van der Waals surface area contributed by atoms with E-state index in [1.165, 1.54) is 12.4 Å². The lowest BCUT2D eigenvalue weighted by Gasteiger charge is -2.13. The van der Waals surface area contributed by atoms with Gasteiger partial charge in [0, 0.05) is 18.9 Å². The minimum atomic E-state index is -0.342. The molecule has 0 aliphatic heterocycles. The summed E-state index contributed by atoms with van der Waals surface area (Å²) in [6, 6.07) is 7.82. The molecule has 1 aromatic carbocycles. The Bertz CT molecular complexity index is 644. The van der Waals surface area contributed by atoms with Crippen molar-refractivity contribution in [3.8, 4) is 0 Å². The van der Waals surface area contributed by atoms with E-state index in [1.54, 1.807) is 0 Å². The van der Waals surface area contributed by atoms with Gasteiger partial charge in [-0.25, -0.2) is 9.97 Å². The molecule has 0 bridgehead atoms. The second-order valence-electron chi connectivity index (χ2n) is 5.10. The van der Waals surface area contributed by atoms with E-state index in [9.17, 15) is 4.79 Å². The van der Waals surface area contributed by atoms with Crippen LogP contribution < -0.4 is 11.1 Å². The Morgan fingerprint density at radius 2 is 1.91 bits per heavy atom. The number of nitrogens with zero attached hydrogens (tertiary/aromatic N) is 2. The Labute approximate surface area is 129 Å². The third kappa shape index (κ3) is 4.26. The Kier molecular flexibility index (Phi) is 5.43. The van der Waals surface area contributed by atoms with Crippen LogP contribution in [0.1, 0.15) is 35.5 Å². The number of nitrogens with one attached hydrogen (secondary N) is 1. The summed E-state index contributed by atoms with van der Waals surface area (Å²) < 4.78 is 5.62. The maximum absolute atomic E-state index is 12.1. The first-order valence-corrected chi connectivity index (χ1v) is 7.11. The molecule has 0 aliphatic rings. The van der Waals surface area contributed by atoms with Crippen LogP contribution in [0.4, 0.5) is 5.82 Å². The van der Waals surface area contributed by atoms with Crippen molar-refractivity contribution in [3.63, 3.8) is 0 Å². The predicted molar refractivity (Wildman–Crippen MR) is 84.0 cm³/mol. The standard InChI is InChI=1S/C16H20N4O2/c1-11(2)22-10-13-6-4-3-5-12(13)9-20-16(21)14-15(17)19-8-7-18-14/h3-8,11H,9-10H2,1-2H3,(H2,17,19)(H,20,21). The van der Waals surface area contributed by atoms with E-state index in [0.29, 0.717) is 13.2 Å². The van der Waals surface area contributed by atoms with E-state index in [0.717, 1.165) is 11.1 Å². The Balaban J connectivity index is 2.02. The van der Waals surface area contributed by atoms with Crippen LogP contribution in [0.2, 0.25) is 0 Å². The van der Waals surface area contributed by atoms with Crippen LogP contribution in [-0.4, -0.2) is 22.0 Å². The number of anilines is 1. The highest BCUT2D eigenvalue weighted by molar-refractivity contribution is 5.96. The van der Waals surface area contributed by atoms with Gasteiger partial charge in [0.15, 0.2) is 11.5 Å². The second-order valence-corrected chi connectivity index (χ2v) is 5.10. The number of rotatable bonds is 6. The molecule has 0 atom stereocenters. The van der Waals surface area contributed by atoms with Crippen LogP contribution in [0.3, 0.4) is 0 Å². The summed E-state index contributed by atoms with van der Waals surface area (Å²) in [5.41, 5.74) is 7.83. The molecular formula is C16H20N4O2. The first-order chi connectivity index (χ1) is 10.6. The van der Waals surface area contributed by atoms with Gasteiger partial charge in [-0.3, -0.25) is 4.79 Å². The molecule has 1 amide bonds. The van der Waals surface area contributed by atoms with Gasteiger partial charge in [0.25, 0.3) is 5.91 Å². The molecule has 0 saturated heterocycles. The van der Waals surface area contributed by atoms with E-state index in [-0.39, 0.29) is 23.5 Å². The quantitative estimate of drug-likeness (QED) is 0.850. The minimum Gasteiger partial charge on any atom is -0.382 e. The SMILES string of the molecule is CC(C)OCc1ccccc1CNC(=O)c1nccnc1N. The molecule has 0 saturated carbocycles. The highest BCUT2D eigenvalue weighted by Crippen LogP contribution is 2.12. The van der Waals surface area contributed by atoms with E-state index in [4.69, 9.17) is 10.5 Å². The molecular weight excluding hydrogens is 280 g/mol. The van der Waals surface area contributed by atoms with Crippen LogP contribution in [-0.2, 0) is 17.9 Å². The number of nitrogen functional groups attached to an aromatic ring is 1. The van der Waals surface area contributed by atoms with E-state index < -0.39 is 0 Å². The Hall–Kier alpha value is -2.47. The van der Waals surface area contributed by atoms with Crippen LogP contribution >= 0.6 is 0 Å². The fourth-order valence-electron chi connectivity index (χ4n) is 1.91. The number of hydrogen-bond donors (Lipinski definition) is 2. The molecule has 2 aromatic rings. The minimum absolute atomic E-state index is 0.122. The number of amides is 1. The average Bonchev–Trinajstić information content (AvgIpc) is 2.51. The molecule has 0 unspecified atom stereocenters. The lowest BCUT2D eigenvalue weighted by Crippen LogP contribution is -2.25. The van der Waals surface area contributed by atoms with E-state index >= 15 is 0 Å². The summed E-state index contributed by atoms with van der Waals surface area (Å²) in [6.45, 7) is 4.87. The predicted octanol–water partition coefficient (Wildman–Crippen LogP) is 1.91. The maximum atomic E-state index is 12.1. The lowest BCUT2D eigenvalue weighted by atomic mass is 10.1. The van der Waals surface area contributed by atoms with Crippen molar-refractivity contribution in [3.05, 3.63) is 53.5 Å². The fraction of sp³-hybridized carbons (Fsp3) is 0.312. The zero-order chi connectivity index (χ0) is 15.9. The van der Waals surface area contributed by atoms with Gasteiger partial charge < -0.3 is 15.8 Å². The summed E-state index contributed by atoms with van der Waals surface area (Å²) in [5.74, 6) is -0.221.